The fourth-order valence-corrected chi connectivity index (χ4v) is 4.49. The summed E-state index contributed by atoms with van der Waals surface area (Å²) in [5.41, 5.74) is 3.34. The van der Waals surface area contributed by atoms with Gasteiger partial charge in [-0.15, -0.1) is 0 Å². The van der Waals surface area contributed by atoms with E-state index in [9.17, 15) is 9.59 Å². The molecule has 1 aliphatic rings. The third-order valence-electron chi connectivity index (χ3n) is 6.54. The summed E-state index contributed by atoms with van der Waals surface area (Å²) < 4.78 is 11.8. The van der Waals surface area contributed by atoms with Crippen LogP contribution in [0.2, 0.25) is 0 Å². The Balaban J connectivity index is 1.30. The topological polar surface area (TPSA) is 83.8 Å². The van der Waals surface area contributed by atoms with Crippen LogP contribution in [0, 0.1) is 6.92 Å². The highest BCUT2D eigenvalue weighted by molar-refractivity contribution is 6.01. The molecule has 1 aliphatic heterocycles. The number of likely N-dealkylation sites (tertiary alicyclic amines) is 1. The normalized spacial score (nSPS) is 14.5. The van der Waals surface area contributed by atoms with E-state index in [1.807, 2.05) is 67.6 Å². The highest BCUT2D eigenvalue weighted by Gasteiger charge is 2.20. The molecular weight excluding hydrogens is 454 g/mol. The molecule has 1 saturated heterocycles. The van der Waals surface area contributed by atoms with Crippen LogP contribution in [0.15, 0.2) is 82.0 Å². The summed E-state index contributed by atoms with van der Waals surface area (Å²) in [5, 5.41) is 6.12. The Morgan fingerprint density at radius 1 is 0.944 bits per heavy atom. The second-order valence-electron chi connectivity index (χ2n) is 9.20. The zero-order chi connectivity index (χ0) is 25.1. The molecule has 0 aliphatic carbocycles. The maximum atomic E-state index is 12.7. The summed E-state index contributed by atoms with van der Waals surface area (Å²) in [6.07, 6.45) is 2.07. The molecule has 0 unspecified atom stereocenters. The third-order valence-corrected chi connectivity index (χ3v) is 6.54. The van der Waals surface area contributed by atoms with Crippen LogP contribution in [-0.4, -0.2) is 37.2 Å². The van der Waals surface area contributed by atoms with E-state index in [1.165, 1.54) is 0 Å². The summed E-state index contributed by atoms with van der Waals surface area (Å²) in [5.74, 6) is 0.719. The Labute approximate surface area is 209 Å². The van der Waals surface area contributed by atoms with Crippen molar-refractivity contribution in [3.05, 3.63) is 88.8 Å². The van der Waals surface area contributed by atoms with Crippen LogP contribution < -0.4 is 21.0 Å². The second kappa shape index (κ2) is 10.3. The summed E-state index contributed by atoms with van der Waals surface area (Å²) in [7, 11) is 2.11. The predicted molar refractivity (Wildman–Crippen MR) is 143 cm³/mol. The molecule has 5 rings (SSSR count). The Morgan fingerprint density at radius 3 is 2.47 bits per heavy atom. The van der Waals surface area contributed by atoms with Gasteiger partial charge >= 0.3 is 11.7 Å². The molecule has 0 atom stereocenters. The lowest BCUT2D eigenvalue weighted by Crippen LogP contribution is -2.35. The molecule has 4 aromatic rings. The number of piperidine rings is 1. The van der Waals surface area contributed by atoms with Crippen LogP contribution in [0.3, 0.4) is 0 Å². The number of anilines is 2. The number of ether oxygens (including phenoxy) is 1. The van der Waals surface area contributed by atoms with E-state index in [2.05, 4.69) is 22.6 Å². The minimum Gasteiger partial charge on any atom is -0.490 e. The fourth-order valence-electron chi connectivity index (χ4n) is 4.49. The van der Waals surface area contributed by atoms with Crippen LogP contribution in [0.1, 0.15) is 18.4 Å². The minimum absolute atomic E-state index is 0.0719. The number of benzene rings is 3. The van der Waals surface area contributed by atoms with Crippen LogP contribution >= 0.6 is 0 Å². The number of rotatable bonds is 5. The SMILES string of the molecule is Cc1c(OC2CCN(C)CC2)ccc2cc(NC(=O)Nc3cccc(-c4ccccc4)c3)c(=O)oc12. The van der Waals surface area contributed by atoms with Crippen molar-refractivity contribution < 1.29 is 13.9 Å². The van der Waals surface area contributed by atoms with E-state index in [0.717, 1.165) is 48.4 Å². The number of urea groups is 1. The molecule has 36 heavy (non-hydrogen) atoms. The van der Waals surface area contributed by atoms with Gasteiger partial charge in [-0.2, -0.15) is 0 Å². The van der Waals surface area contributed by atoms with Gasteiger partial charge < -0.3 is 24.7 Å². The molecule has 0 radical (unpaired) electrons. The standard InChI is InChI=1S/C29H29N3O4/c1-19-26(35-24-13-15-32(2)16-14-24)12-11-22-18-25(28(33)36-27(19)22)31-29(34)30-23-10-6-9-21(17-23)20-7-4-3-5-8-20/h3-12,17-18,24H,13-16H2,1-2H3,(H2,30,31,34). The van der Waals surface area contributed by atoms with Gasteiger partial charge in [0.2, 0.25) is 0 Å². The van der Waals surface area contributed by atoms with Gasteiger partial charge in [-0.3, -0.25) is 0 Å². The van der Waals surface area contributed by atoms with Gasteiger partial charge in [0.15, 0.2) is 0 Å². The molecule has 2 N–H and O–H groups in total. The Bertz CT molecular complexity index is 1440. The average molecular weight is 484 g/mol. The van der Waals surface area contributed by atoms with E-state index >= 15 is 0 Å². The Morgan fingerprint density at radius 2 is 1.69 bits per heavy atom. The first kappa shape index (κ1) is 23.6. The van der Waals surface area contributed by atoms with Gasteiger partial charge in [0.1, 0.15) is 23.1 Å². The Kier molecular flexibility index (Phi) is 6.73. The highest BCUT2D eigenvalue weighted by atomic mass is 16.5. The van der Waals surface area contributed by atoms with Crippen LogP contribution in [0.5, 0.6) is 5.75 Å². The Hall–Kier alpha value is -4.10. The van der Waals surface area contributed by atoms with Crippen molar-refractivity contribution in [2.24, 2.45) is 0 Å². The first-order valence-electron chi connectivity index (χ1n) is 12.1. The predicted octanol–water partition coefficient (Wildman–Crippen LogP) is 5.89. The summed E-state index contributed by atoms with van der Waals surface area (Å²) in [4.78, 5) is 27.6. The number of carbonyl (C=O) groups is 1. The zero-order valence-corrected chi connectivity index (χ0v) is 20.4. The molecule has 0 spiro atoms. The van der Waals surface area contributed by atoms with Crippen LogP contribution in [0.4, 0.5) is 16.2 Å². The number of carbonyl (C=O) groups excluding carboxylic acids is 1. The smallest absolute Gasteiger partial charge is 0.360 e. The van der Waals surface area contributed by atoms with Gasteiger partial charge in [-0.25, -0.2) is 9.59 Å². The molecule has 1 aromatic heterocycles. The number of nitrogens with zero attached hydrogens (tertiary/aromatic N) is 1. The number of aryl methyl sites for hydroxylation is 1. The lowest BCUT2D eigenvalue weighted by Gasteiger charge is -2.29. The molecule has 2 heterocycles. The molecular formula is C29H29N3O4. The number of hydrogen-bond donors (Lipinski definition) is 2. The van der Waals surface area contributed by atoms with Crippen molar-refractivity contribution in [2.45, 2.75) is 25.9 Å². The van der Waals surface area contributed by atoms with E-state index < -0.39 is 11.7 Å². The maximum absolute atomic E-state index is 12.7. The number of fused-ring (bicyclic) bond motifs is 1. The zero-order valence-electron chi connectivity index (χ0n) is 20.4. The molecule has 184 valence electrons. The number of amides is 2. The van der Waals surface area contributed by atoms with Crippen molar-refractivity contribution in [1.82, 2.24) is 4.90 Å². The third kappa shape index (κ3) is 5.26. The molecule has 7 nitrogen and oxygen atoms in total. The summed E-state index contributed by atoms with van der Waals surface area (Å²) >= 11 is 0. The lowest BCUT2D eigenvalue weighted by molar-refractivity contribution is 0.113. The lowest BCUT2D eigenvalue weighted by atomic mass is 10.1. The maximum Gasteiger partial charge on any atom is 0.360 e. The van der Waals surface area contributed by atoms with Crippen molar-refractivity contribution >= 4 is 28.4 Å². The summed E-state index contributed by atoms with van der Waals surface area (Å²) in [6.45, 7) is 3.88. The first-order chi connectivity index (χ1) is 17.5. The van der Waals surface area contributed by atoms with E-state index in [0.29, 0.717) is 16.7 Å². The highest BCUT2D eigenvalue weighted by Crippen LogP contribution is 2.30. The molecule has 0 bridgehead atoms. The quantitative estimate of drug-likeness (QED) is 0.346. The largest absolute Gasteiger partial charge is 0.490 e. The van der Waals surface area contributed by atoms with E-state index in [4.69, 9.17) is 9.15 Å². The molecule has 0 saturated carbocycles. The molecule has 3 aromatic carbocycles. The van der Waals surface area contributed by atoms with Gasteiger partial charge in [0.25, 0.3) is 0 Å². The van der Waals surface area contributed by atoms with Crippen LogP contribution in [-0.2, 0) is 0 Å². The second-order valence-corrected chi connectivity index (χ2v) is 9.20. The number of nitrogens with one attached hydrogen (secondary N) is 2. The van der Waals surface area contributed by atoms with Gasteiger partial charge in [-0.05, 0) is 68.3 Å². The van der Waals surface area contributed by atoms with Crippen molar-refractivity contribution in [3.8, 4) is 16.9 Å². The van der Waals surface area contributed by atoms with Crippen molar-refractivity contribution in [2.75, 3.05) is 30.8 Å². The fraction of sp³-hybridized carbons (Fsp3) is 0.241. The van der Waals surface area contributed by atoms with Gasteiger partial charge in [-0.1, -0.05) is 42.5 Å². The van der Waals surface area contributed by atoms with Crippen LogP contribution in [0.25, 0.3) is 22.1 Å². The van der Waals surface area contributed by atoms with Gasteiger partial charge in [0.05, 0.1) is 0 Å². The van der Waals surface area contributed by atoms with Crippen molar-refractivity contribution in [3.63, 3.8) is 0 Å². The van der Waals surface area contributed by atoms with Crippen molar-refractivity contribution in [1.29, 1.82) is 0 Å². The van der Waals surface area contributed by atoms with Gasteiger partial charge in [0, 0.05) is 29.7 Å². The molecule has 1 fully saturated rings. The molecule has 7 heteroatoms. The first-order valence-corrected chi connectivity index (χ1v) is 12.1. The minimum atomic E-state index is -0.616. The average Bonchev–Trinajstić information content (AvgIpc) is 2.89. The monoisotopic (exact) mass is 483 g/mol. The summed E-state index contributed by atoms with van der Waals surface area (Å²) in [6, 6.07) is 22.3. The number of hydrogen-bond acceptors (Lipinski definition) is 5. The van der Waals surface area contributed by atoms with E-state index in [-0.39, 0.29) is 11.8 Å². The molecule has 2 amide bonds. The van der Waals surface area contributed by atoms with E-state index in [1.54, 1.807) is 12.1 Å².